The molecule has 0 saturated carbocycles. The standard InChI is InChI=1S/C12H12N2O3S/c15-10-3-8(4-11(16)5-10)12(17)13-2-1-9-6-18-7-14-9/h3-7,15-16H,1-2H2,(H,13,17). The zero-order valence-electron chi connectivity index (χ0n) is 9.46. The van der Waals surface area contributed by atoms with Gasteiger partial charge in [-0.2, -0.15) is 0 Å². The normalized spacial score (nSPS) is 10.2. The molecule has 18 heavy (non-hydrogen) atoms. The van der Waals surface area contributed by atoms with Gasteiger partial charge in [0.15, 0.2) is 0 Å². The van der Waals surface area contributed by atoms with Gasteiger partial charge in [-0.25, -0.2) is 4.98 Å². The van der Waals surface area contributed by atoms with Crippen molar-refractivity contribution in [3.8, 4) is 11.5 Å². The van der Waals surface area contributed by atoms with Crippen LogP contribution >= 0.6 is 11.3 Å². The zero-order chi connectivity index (χ0) is 13.0. The molecular formula is C12H12N2O3S. The molecule has 0 atom stereocenters. The van der Waals surface area contributed by atoms with Crippen LogP contribution in [0.2, 0.25) is 0 Å². The van der Waals surface area contributed by atoms with E-state index in [0.717, 1.165) is 5.69 Å². The molecular weight excluding hydrogens is 252 g/mol. The minimum atomic E-state index is -0.337. The highest BCUT2D eigenvalue weighted by atomic mass is 32.1. The number of carbonyl (C=O) groups excluding carboxylic acids is 1. The van der Waals surface area contributed by atoms with Gasteiger partial charge < -0.3 is 15.5 Å². The molecule has 0 fully saturated rings. The molecule has 1 aromatic carbocycles. The summed E-state index contributed by atoms with van der Waals surface area (Å²) >= 11 is 1.51. The predicted molar refractivity (Wildman–Crippen MR) is 67.9 cm³/mol. The van der Waals surface area contributed by atoms with Crippen LogP contribution in [0.15, 0.2) is 29.1 Å². The van der Waals surface area contributed by atoms with Gasteiger partial charge in [0.25, 0.3) is 5.91 Å². The lowest BCUT2D eigenvalue weighted by molar-refractivity contribution is 0.0953. The molecule has 1 heterocycles. The van der Waals surface area contributed by atoms with E-state index in [9.17, 15) is 15.0 Å². The molecule has 1 aromatic heterocycles. The fraction of sp³-hybridized carbons (Fsp3) is 0.167. The van der Waals surface area contributed by atoms with E-state index in [0.29, 0.717) is 13.0 Å². The smallest absolute Gasteiger partial charge is 0.251 e. The molecule has 94 valence electrons. The zero-order valence-corrected chi connectivity index (χ0v) is 10.3. The fourth-order valence-corrected chi connectivity index (χ4v) is 2.09. The Morgan fingerprint density at radius 3 is 2.61 bits per heavy atom. The topological polar surface area (TPSA) is 82.5 Å². The third-order valence-electron chi connectivity index (χ3n) is 2.31. The Balaban J connectivity index is 1.91. The van der Waals surface area contributed by atoms with Crippen molar-refractivity contribution in [3.05, 3.63) is 40.3 Å². The van der Waals surface area contributed by atoms with Gasteiger partial charge in [-0.1, -0.05) is 0 Å². The summed E-state index contributed by atoms with van der Waals surface area (Å²) in [6.45, 7) is 0.457. The molecule has 0 bridgehead atoms. The average molecular weight is 264 g/mol. The van der Waals surface area contributed by atoms with Gasteiger partial charge in [-0.05, 0) is 12.1 Å². The van der Waals surface area contributed by atoms with Gasteiger partial charge in [0.1, 0.15) is 11.5 Å². The molecule has 1 amide bonds. The number of phenols is 2. The molecule has 0 aliphatic carbocycles. The van der Waals surface area contributed by atoms with Crippen molar-refractivity contribution < 1.29 is 15.0 Å². The van der Waals surface area contributed by atoms with Crippen LogP contribution in [0.4, 0.5) is 0 Å². The van der Waals surface area contributed by atoms with Gasteiger partial charge in [0.05, 0.1) is 11.2 Å². The SMILES string of the molecule is O=C(NCCc1cscn1)c1cc(O)cc(O)c1. The number of carbonyl (C=O) groups is 1. The Kier molecular flexibility index (Phi) is 3.78. The summed E-state index contributed by atoms with van der Waals surface area (Å²) in [6, 6.07) is 3.78. The summed E-state index contributed by atoms with van der Waals surface area (Å²) in [5.41, 5.74) is 2.90. The lowest BCUT2D eigenvalue weighted by Crippen LogP contribution is -2.25. The van der Waals surface area contributed by atoms with Crippen LogP contribution in [-0.4, -0.2) is 27.6 Å². The minimum absolute atomic E-state index is 0.139. The number of amides is 1. The Morgan fingerprint density at radius 1 is 1.28 bits per heavy atom. The molecule has 0 aliphatic heterocycles. The molecule has 5 nitrogen and oxygen atoms in total. The number of aromatic nitrogens is 1. The second-order valence-corrected chi connectivity index (χ2v) is 4.44. The van der Waals surface area contributed by atoms with E-state index in [4.69, 9.17) is 0 Å². The molecule has 0 aliphatic rings. The fourth-order valence-electron chi connectivity index (χ4n) is 1.49. The maximum Gasteiger partial charge on any atom is 0.251 e. The molecule has 2 aromatic rings. The quantitative estimate of drug-likeness (QED) is 0.782. The van der Waals surface area contributed by atoms with Crippen LogP contribution in [0, 0.1) is 0 Å². The third kappa shape index (κ3) is 3.21. The Bertz CT molecular complexity index is 520. The van der Waals surface area contributed by atoms with Crippen molar-refractivity contribution in [3.63, 3.8) is 0 Å². The highest BCUT2D eigenvalue weighted by Crippen LogP contribution is 2.20. The Hall–Kier alpha value is -2.08. The summed E-state index contributed by atoms with van der Waals surface area (Å²) < 4.78 is 0. The second-order valence-electron chi connectivity index (χ2n) is 3.72. The maximum atomic E-state index is 11.7. The number of hydrogen-bond acceptors (Lipinski definition) is 5. The highest BCUT2D eigenvalue weighted by Gasteiger charge is 2.08. The summed E-state index contributed by atoms with van der Waals surface area (Å²) in [6.07, 6.45) is 0.653. The van der Waals surface area contributed by atoms with Crippen LogP contribution in [-0.2, 0) is 6.42 Å². The van der Waals surface area contributed by atoms with Crippen LogP contribution < -0.4 is 5.32 Å². The molecule has 6 heteroatoms. The van der Waals surface area contributed by atoms with E-state index in [-0.39, 0.29) is 23.0 Å². The lowest BCUT2D eigenvalue weighted by Gasteiger charge is -2.05. The van der Waals surface area contributed by atoms with E-state index in [1.807, 2.05) is 5.38 Å². The van der Waals surface area contributed by atoms with Crippen molar-refractivity contribution in [1.29, 1.82) is 0 Å². The minimum Gasteiger partial charge on any atom is -0.508 e. The van der Waals surface area contributed by atoms with Crippen molar-refractivity contribution in [1.82, 2.24) is 10.3 Å². The van der Waals surface area contributed by atoms with Crippen LogP contribution in [0.3, 0.4) is 0 Å². The number of thiazole rings is 1. The molecule has 0 radical (unpaired) electrons. The van der Waals surface area contributed by atoms with Gasteiger partial charge >= 0.3 is 0 Å². The first-order valence-corrected chi connectivity index (χ1v) is 6.28. The van der Waals surface area contributed by atoms with E-state index in [1.54, 1.807) is 5.51 Å². The number of phenolic OH excluding ortho intramolecular Hbond substituents is 2. The number of hydrogen-bond donors (Lipinski definition) is 3. The molecule has 0 unspecified atom stereocenters. The monoisotopic (exact) mass is 264 g/mol. The van der Waals surface area contributed by atoms with Crippen LogP contribution in [0.25, 0.3) is 0 Å². The first-order chi connectivity index (χ1) is 8.65. The van der Waals surface area contributed by atoms with Crippen LogP contribution in [0.5, 0.6) is 11.5 Å². The molecule has 2 rings (SSSR count). The Morgan fingerprint density at radius 2 is 2.00 bits per heavy atom. The Labute approximate surface area is 108 Å². The highest BCUT2D eigenvalue weighted by molar-refractivity contribution is 7.07. The summed E-state index contributed by atoms with van der Waals surface area (Å²) in [4.78, 5) is 15.8. The van der Waals surface area contributed by atoms with Gasteiger partial charge in [0.2, 0.25) is 0 Å². The van der Waals surface area contributed by atoms with E-state index < -0.39 is 0 Å². The van der Waals surface area contributed by atoms with Crippen molar-refractivity contribution >= 4 is 17.2 Å². The maximum absolute atomic E-state index is 11.7. The molecule has 0 spiro atoms. The number of nitrogens with one attached hydrogen (secondary N) is 1. The van der Waals surface area contributed by atoms with E-state index in [2.05, 4.69) is 10.3 Å². The number of nitrogens with zero attached hydrogens (tertiary/aromatic N) is 1. The van der Waals surface area contributed by atoms with Crippen molar-refractivity contribution in [2.75, 3.05) is 6.54 Å². The van der Waals surface area contributed by atoms with E-state index >= 15 is 0 Å². The first-order valence-electron chi connectivity index (χ1n) is 5.33. The number of rotatable bonds is 4. The van der Waals surface area contributed by atoms with Gasteiger partial charge in [-0.15, -0.1) is 11.3 Å². The second kappa shape index (κ2) is 5.50. The average Bonchev–Trinajstić information content (AvgIpc) is 2.80. The molecule has 0 saturated heterocycles. The van der Waals surface area contributed by atoms with Crippen molar-refractivity contribution in [2.45, 2.75) is 6.42 Å². The van der Waals surface area contributed by atoms with Gasteiger partial charge in [0, 0.05) is 30.0 Å². The number of aromatic hydroxyl groups is 2. The van der Waals surface area contributed by atoms with Gasteiger partial charge in [-0.3, -0.25) is 4.79 Å². The summed E-state index contributed by atoms with van der Waals surface area (Å²) in [5, 5.41) is 23.2. The third-order valence-corrected chi connectivity index (χ3v) is 2.95. The first kappa shape index (κ1) is 12.4. The largest absolute Gasteiger partial charge is 0.508 e. The summed E-state index contributed by atoms with van der Waals surface area (Å²) in [5.74, 6) is -0.615. The van der Waals surface area contributed by atoms with Crippen LogP contribution in [0.1, 0.15) is 16.1 Å². The van der Waals surface area contributed by atoms with E-state index in [1.165, 1.54) is 29.5 Å². The lowest BCUT2D eigenvalue weighted by atomic mass is 10.2. The molecule has 3 N–H and O–H groups in total. The van der Waals surface area contributed by atoms with Crippen molar-refractivity contribution in [2.24, 2.45) is 0 Å². The summed E-state index contributed by atoms with van der Waals surface area (Å²) in [7, 11) is 0. The predicted octanol–water partition coefficient (Wildman–Crippen LogP) is 1.53. The number of benzene rings is 1.